The number of halogens is 3. The van der Waals surface area contributed by atoms with Gasteiger partial charge in [-0.15, -0.1) is 0 Å². The summed E-state index contributed by atoms with van der Waals surface area (Å²) in [5.41, 5.74) is 4.23. The van der Waals surface area contributed by atoms with E-state index in [-0.39, 0.29) is 0 Å². The first-order chi connectivity index (χ1) is 14.4. The molecule has 0 N–H and O–H groups in total. The molecule has 6 nitrogen and oxygen atoms in total. The first-order valence-electron chi connectivity index (χ1n) is 10.0. The normalized spacial score (nSPS) is 15.0. The summed E-state index contributed by atoms with van der Waals surface area (Å²) in [6.45, 7) is 6.98. The number of aryl methyl sites for hydroxylation is 3. The predicted molar refractivity (Wildman–Crippen MR) is 113 cm³/mol. The van der Waals surface area contributed by atoms with Crippen molar-refractivity contribution < 1.29 is 13.5 Å². The number of methoxy groups -OCH3 is 1. The van der Waals surface area contributed by atoms with Crippen molar-refractivity contribution in [2.75, 3.05) is 18.6 Å². The van der Waals surface area contributed by atoms with Gasteiger partial charge in [0.25, 0.3) is 0 Å². The van der Waals surface area contributed by atoms with Crippen LogP contribution in [0.4, 0.5) is 20.4 Å². The van der Waals surface area contributed by atoms with Crippen molar-refractivity contribution in [1.29, 1.82) is 0 Å². The topological polar surface area (TPSA) is 56.1 Å². The average Bonchev–Trinajstić information content (AvgIpc) is 3.11. The van der Waals surface area contributed by atoms with E-state index < -0.39 is 12.3 Å². The molecule has 0 bridgehead atoms. The van der Waals surface area contributed by atoms with Crippen LogP contribution in [-0.2, 0) is 6.54 Å². The van der Waals surface area contributed by atoms with Crippen LogP contribution in [0.1, 0.15) is 42.6 Å². The smallest absolute Gasteiger partial charge is 0.316 e. The van der Waals surface area contributed by atoms with Gasteiger partial charge in [0.05, 0.1) is 34.7 Å². The van der Waals surface area contributed by atoms with E-state index in [1.165, 1.54) is 7.11 Å². The van der Waals surface area contributed by atoms with Crippen LogP contribution in [0, 0.1) is 13.8 Å². The third kappa shape index (κ3) is 3.27. The van der Waals surface area contributed by atoms with Crippen molar-refractivity contribution >= 4 is 34.3 Å². The summed E-state index contributed by atoms with van der Waals surface area (Å²) >= 11 is 6.45. The van der Waals surface area contributed by atoms with Gasteiger partial charge in [-0.25, -0.2) is 13.8 Å². The van der Waals surface area contributed by atoms with Crippen molar-refractivity contribution in [3.63, 3.8) is 0 Å². The van der Waals surface area contributed by atoms with Gasteiger partial charge >= 0.3 is 6.01 Å². The van der Waals surface area contributed by atoms with Crippen LogP contribution in [0.3, 0.4) is 0 Å². The molecule has 3 heterocycles. The van der Waals surface area contributed by atoms with E-state index in [4.69, 9.17) is 21.3 Å². The molecule has 1 aliphatic rings. The van der Waals surface area contributed by atoms with Crippen LogP contribution in [0.15, 0.2) is 12.1 Å². The van der Waals surface area contributed by atoms with Gasteiger partial charge in [-0.3, -0.25) is 0 Å². The molecule has 0 spiro atoms. The highest BCUT2D eigenvalue weighted by Crippen LogP contribution is 2.41. The molecule has 160 valence electrons. The standard InChI is InChI=1S/C21H24ClF2N5O/c1-5-13(19(23)24)14-7-8-15(22)16-18(14)29-10-6-9-28(21(29)27-16)17-11(2)25-20(30-4)26-12(17)3/h7-8,13,19H,5-6,9-10H2,1-4H3. The third-order valence-corrected chi connectivity index (χ3v) is 5.97. The Morgan fingerprint density at radius 3 is 2.43 bits per heavy atom. The maximum Gasteiger partial charge on any atom is 0.316 e. The number of rotatable bonds is 5. The molecule has 4 rings (SSSR count). The van der Waals surface area contributed by atoms with E-state index in [1.807, 2.05) is 18.4 Å². The van der Waals surface area contributed by atoms with Gasteiger partial charge < -0.3 is 14.2 Å². The molecule has 1 aromatic carbocycles. The van der Waals surface area contributed by atoms with Gasteiger partial charge in [-0.2, -0.15) is 9.97 Å². The van der Waals surface area contributed by atoms with E-state index in [0.717, 1.165) is 30.0 Å². The number of alkyl halides is 2. The summed E-state index contributed by atoms with van der Waals surface area (Å²) < 4.78 is 34.7. The molecule has 1 unspecified atom stereocenters. The number of imidazole rings is 1. The maximum absolute atomic E-state index is 13.8. The van der Waals surface area contributed by atoms with Gasteiger partial charge in [0.1, 0.15) is 5.52 Å². The Bertz CT molecular complexity index is 1080. The molecule has 1 atom stereocenters. The molecule has 0 aliphatic carbocycles. The van der Waals surface area contributed by atoms with E-state index in [1.54, 1.807) is 19.1 Å². The average molecular weight is 436 g/mol. The number of anilines is 2. The van der Waals surface area contributed by atoms with Crippen molar-refractivity contribution in [2.24, 2.45) is 0 Å². The fourth-order valence-corrected chi connectivity index (χ4v) is 4.53. The fraction of sp³-hybridized carbons (Fsp3) is 0.476. The second-order valence-corrected chi connectivity index (χ2v) is 7.89. The van der Waals surface area contributed by atoms with Crippen molar-refractivity contribution in [1.82, 2.24) is 19.5 Å². The molecular formula is C21H24ClF2N5O. The quantitative estimate of drug-likeness (QED) is 0.536. The summed E-state index contributed by atoms with van der Waals surface area (Å²) in [6, 6.07) is 3.69. The van der Waals surface area contributed by atoms with Gasteiger partial charge in [0, 0.05) is 19.0 Å². The van der Waals surface area contributed by atoms with Crippen LogP contribution < -0.4 is 9.64 Å². The van der Waals surface area contributed by atoms with Crippen molar-refractivity contribution in [3.05, 3.63) is 34.1 Å². The minimum atomic E-state index is -2.45. The van der Waals surface area contributed by atoms with E-state index in [0.29, 0.717) is 46.5 Å². The van der Waals surface area contributed by atoms with Gasteiger partial charge in [-0.1, -0.05) is 24.6 Å². The van der Waals surface area contributed by atoms with Crippen molar-refractivity contribution in [2.45, 2.75) is 52.5 Å². The lowest BCUT2D eigenvalue weighted by atomic mass is 9.95. The maximum atomic E-state index is 13.8. The highest BCUT2D eigenvalue weighted by atomic mass is 35.5. The number of aromatic nitrogens is 4. The molecule has 0 saturated heterocycles. The van der Waals surface area contributed by atoms with E-state index in [9.17, 15) is 8.78 Å². The van der Waals surface area contributed by atoms with Gasteiger partial charge in [0.2, 0.25) is 12.4 Å². The zero-order valence-electron chi connectivity index (χ0n) is 17.4. The number of hydrogen-bond acceptors (Lipinski definition) is 5. The number of fused-ring (bicyclic) bond motifs is 3. The minimum Gasteiger partial charge on any atom is -0.467 e. The second kappa shape index (κ2) is 7.98. The Kier molecular flexibility index (Phi) is 5.53. The fourth-order valence-electron chi connectivity index (χ4n) is 4.33. The molecule has 0 amide bonds. The largest absolute Gasteiger partial charge is 0.467 e. The zero-order valence-corrected chi connectivity index (χ0v) is 18.2. The minimum absolute atomic E-state index is 0.312. The molecule has 3 aromatic rings. The second-order valence-electron chi connectivity index (χ2n) is 7.48. The Labute approximate surface area is 178 Å². The number of ether oxygens (including phenoxy) is 1. The molecule has 0 fully saturated rings. The van der Waals surface area contributed by atoms with Gasteiger partial charge in [0.15, 0.2) is 0 Å². The lowest BCUT2D eigenvalue weighted by Gasteiger charge is -2.31. The summed E-state index contributed by atoms with van der Waals surface area (Å²) in [5.74, 6) is -0.191. The highest BCUT2D eigenvalue weighted by molar-refractivity contribution is 6.35. The van der Waals surface area contributed by atoms with Crippen molar-refractivity contribution in [3.8, 4) is 6.01 Å². The summed E-state index contributed by atoms with van der Waals surface area (Å²) in [4.78, 5) is 15.7. The lowest BCUT2D eigenvalue weighted by Crippen LogP contribution is -2.30. The lowest BCUT2D eigenvalue weighted by molar-refractivity contribution is 0.112. The molecule has 0 radical (unpaired) electrons. The number of benzene rings is 1. The Morgan fingerprint density at radius 1 is 1.13 bits per heavy atom. The Hall–Kier alpha value is -2.48. The molecule has 0 saturated carbocycles. The first-order valence-corrected chi connectivity index (χ1v) is 10.4. The van der Waals surface area contributed by atoms with Crippen LogP contribution in [0.2, 0.25) is 5.02 Å². The van der Waals surface area contributed by atoms with Crippen LogP contribution in [0.25, 0.3) is 11.0 Å². The predicted octanol–water partition coefficient (Wildman–Crippen LogP) is 5.41. The SMILES string of the molecule is CCC(c1ccc(Cl)c2nc3n(c12)CCCN3c1c(C)nc(OC)nc1C)C(F)F. The molecule has 2 aromatic heterocycles. The highest BCUT2D eigenvalue weighted by Gasteiger charge is 2.31. The number of nitrogens with zero attached hydrogens (tertiary/aromatic N) is 5. The third-order valence-electron chi connectivity index (χ3n) is 5.67. The summed E-state index contributed by atoms with van der Waals surface area (Å²) in [6.07, 6.45) is -1.28. The van der Waals surface area contributed by atoms with Gasteiger partial charge in [-0.05, 0) is 38.3 Å². The first kappa shape index (κ1) is 20.8. The zero-order chi connectivity index (χ0) is 21.6. The molecule has 1 aliphatic heterocycles. The van der Waals surface area contributed by atoms with E-state index >= 15 is 0 Å². The molecular weight excluding hydrogens is 412 g/mol. The Balaban J connectivity index is 1.94. The molecule has 30 heavy (non-hydrogen) atoms. The molecule has 9 heteroatoms. The monoisotopic (exact) mass is 435 g/mol. The Morgan fingerprint density at radius 2 is 1.83 bits per heavy atom. The van der Waals surface area contributed by atoms with Crippen LogP contribution in [0.5, 0.6) is 6.01 Å². The van der Waals surface area contributed by atoms with E-state index in [2.05, 4.69) is 14.9 Å². The van der Waals surface area contributed by atoms with Crippen LogP contribution >= 0.6 is 11.6 Å². The van der Waals surface area contributed by atoms with Crippen LogP contribution in [-0.4, -0.2) is 39.6 Å². The number of hydrogen-bond donors (Lipinski definition) is 0. The summed E-state index contributed by atoms with van der Waals surface area (Å²) in [5, 5.41) is 0.458. The summed E-state index contributed by atoms with van der Waals surface area (Å²) in [7, 11) is 1.53.